The van der Waals surface area contributed by atoms with Crippen molar-refractivity contribution >= 4 is 5.65 Å². The zero-order valence-electron chi connectivity index (χ0n) is 13.2. The number of pyridine rings is 1. The van der Waals surface area contributed by atoms with E-state index in [1.165, 1.54) is 5.56 Å². The van der Waals surface area contributed by atoms with E-state index in [9.17, 15) is 0 Å². The summed E-state index contributed by atoms with van der Waals surface area (Å²) in [4.78, 5) is 12.6. The fraction of sp³-hybridized carbons (Fsp3) is 0.158. The third-order valence-corrected chi connectivity index (χ3v) is 4.06. The molecule has 0 amide bonds. The summed E-state index contributed by atoms with van der Waals surface area (Å²) in [7, 11) is 0. The van der Waals surface area contributed by atoms with Crippen molar-refractivity contribution in [3.05, 3.63) is 66.4 Å². The fourth-order valence-electron chi connectivity index (χ4n) is 2.87. The van der Waals surface area contributed by atoms with Gasteiger partial charge < -0.3 is 9.38 Å². The van der Waals surface area contributed by atoms with Gasteiger partial charge in [-0.05, 0) is 25.1 Å². The Hall–Kier alpha value is -2.88. The maximum Gasteiger partial charge on any atom is 0.136 e. The van der Waals surface area contributed by atoms with E-state index >= 15 is 0 Å². The second-order valence-corrected chi connectivity index (χ2v) is 5.74. The molecule has 0 fully saturated rings. The van der Waals surface area contributed by atoms with Crippen LogP contribution in [0.1, 0.15) is 18.3 Å². The van der Waals surface area contributed by atoms with Crippen LogP contribution >= 0.6 is 0 Å². The second kappa shape index (κ2) is 5.39. The molecule has 0 atom stereocenters. The van der Waals surface area contributed by atoms with Crippen LogP contribution in [-0.2, 0) is 6.42 Å². The minimum atomic E-state index is 0.881. The number of rotatable bonds is 3. The third-order valence-electron chi connectivity index (χ3n) is 4.06. The first-order valence-electron chi connectivity index (χ1n) is 7.83. The number of imidazole rings is 2. The maximum atomic E-state index is 4.80. The van der Waals surface area contributed by atoms with Gasteiger partial charge in [0.25, 0.3) is 0 Å². The van der Waals surface area contributed by atoms with E-state index in [1.54, 1.807) is 0 Å². The summed E-state index contributed by atoms with van der Waals surface area (Å²) in [5.74, 6) is 1.00. The largest absolute Gasteiger partial charge is 0.341 e. The Morgan fingerprint density at radius 1 is 1.13 bits per heavy atom. The van der Waals surface area contributed by atoms with Gasteiger partial charge in [0.1, 0.15) is 11.5 Å². The number of benzene rings is 1. The molecule has 0 saturated heterocycles. The van der Waals surface area contributed by atoms with Gasteiger partial charge in [0.05, 0.1) is 11.4 Å². The van der Waals surface area contributed by atoms with Gasteiger partial charge in [-0.3, -0.25) is 0 Å². The Morgan fingerprint density at radius 3 is 2.87 bits per heavy atom. The summed E-state index contributed by atoms with van der Waals surface area (Å²) in [6, 6.07) is 12.6. The van der Waals surface area contributed by atoms with Gasteiger partial charge in [-0.2, -0.15) is 0 Å². The zero-order chi connectivity index (χ0) is 15.8. The molecule has 1 N–H and O–H groups in total. The van der Waals surface area contributed by atoms with E-state index in [2.05, 4.69) is 60.3 Å². The highest BCUT2D eigenvalue weighted by atomic mass is 15.0. The Morgan fingerprint density at radius 2 is 2.04 bits per heavy atom. The Bertz CT molecular complexity index is 978. The molecule has 4 heteroatoms. The Kier molecular flexibility index (Phi) is 3.23. The predicted octanol–water partition coefficient (Wildman–Crippen LogP) is 4.26. The highest BCUT2D eigenvalue weighted by Gasteiger charge is 2.14. The topological polar surface area (TPSA) is 46.0 Å². The molecule has 4 nitrogen and oxygen atoms in total. The maximum absolute atomic E-state index is 4.80. The zero-order valence-corrected chi connectivity index (χ0v) is 13.2. The van der Waals surface area contributed by atoms with Crippen molar-refractivity contribution in [2.75, 3.05) is 0 Å². The van der Waals surface area contributed by atoms with Gasteiger partial charge in [0, 0.05) is 36.1 Å². The number of fused-ring (bicyclic) bond motifs is 1. The number of aryl methyl sites for hydroxylation is 2. The molecule has 0 aliphatic rings. The monoisotopic (exact) mass is 302 g/mol. The van der Waals surface area contributed by atoms with Gasteiger partial charge in [-0.25, -0.2) is 9.97 Å². The lowest BCUT2D eigenvalue weighted by Gasteiger charge is -2.05. The Labute approximate surface area is 134 Å². The lowest BCUT2D eigenvalue weighted by atomic mass is 10.0. The van der Waals surface area contributed by atoms with Gasteiger partial charge in [-0.15, -0.1) is 0 Å². The molecule has 4 rings (SSSR count). The van der Waals surface area contributed by atoms with Crippen LogP contribution in [0.25, 0.3) is 28.2 Å². The summed E-state index contributed by atoms with van der Waals surface area (Å²) >= 11 is 0. The van der Waals surface area contributed by atoms with Crippen molar-refractivity contribution < 1.29 is 0 Å². The van der Waals surface area contributed by atoms with Crippen LogP contribution in [0.4, 0.5) is 0 Å². The van der Waals surface area contributed by atoms with Crippen LogP contribution in [0.2, 0.25) is 0 Å². The molecule has 0 aliphatic heterocycles. The number of H-pyrrole nitrogens is 1. The lowest BCUT2D eigenvalue weighted by Crippen LogP contribution is -1.88. The molecule has 23 heavy (non-hydrogen) atoms. The molecule has 0 spiro atoms. The van der Waals surface area contributed by atoms with Gasteiger partial charge in [0.2, 0.25) is 0 Å². The SMILES string of the molecule is CCc1nc(-c2cccc(C)c2)c(-c2ccc3nccn3c2)[nH]1. The standard InChI is InChI=1S/C19H18N4/c1-3-16-21-18(14-6-4-5-13(2)11-14)19(22-16)15-7-8-17-20-9-10-23(17)12-15/h4-12H,3H2,1-2H3,(H,21,22). The minimum Gasteiger partial charge on any atom is -0.341 e. The molecule has 0 radical (unpaired) electrons. The van der Waals surface area contributed by atoms with Crippen molar-refractivity contribution in [3.8, 4) is 22.5 Å². The van der Waals surface area contributed by atoms with Crippen LogP contribution in [0, 0.1) is 6.92 Å². The normalized spacial score (nSPS) is 11.2. The highest BCUT2D eigenvalue weighted by molar-refractivity contribution is 5.79. The molecule has 0 saturated carbocycles. The summed E-state index contributed by atoms with van der Waals surface area (Å²) in [5.41, 5.74) is 6.49. The molecule has 0 bridgehead atoms. The van der Waals surface area contributed by atoms with Crippen LogP contribution in [0.3, 0.4) is 0 Å². The van der Waals surface area contributed by atoms with Crippen molar-refractivity contribution in [2.45, 2.75) is 20.3 Å². The summed E-state index contributed by atoms with van der Waals surface area (Å²) in [6.07, 6.45) is 6.74. The fourth-order valence-corrected chi connectivity index (χ4v) is 2.87. The summed E-state index contributed by atoms with van der Waals surface area (Å²) in [5, 5.41) is 0. The second-order valence-electron chi connectivity index (χ2n) is 5.74. The van der Waals surface area contributed by atoms with E-state index in [1.807, 2.05) is 22.9 Å². The first-order valence-corrected chi connectivity index (χ1v) is 7.83. The number of hydrogen-bond acceptors (Lipinski definition) is 2. The number of nitrogens with zero attached hydrogens (tertiary/aromatic N) is 3. The molecule has 3 heterocycles. The van der Waals surface area contributed by atoms with Crippen molar-refractivity contribution in [1.82, 2.24) is 19.4 Å². The van der Waals surface area contributed by atoms with Gasteiger partial charge in [-0.1, -0.05) is 30.7 Å². The first-order chi connectivity index (χ1) is 11.2. The van der Waals surface area contributed by atoms with Crippen molar-refractivity contribution in [2.24, 2.45) is 0 Å². The Balaban J connectivity index is 1.91. The number of hydrogen-bond donors (Lipinski definition) is 1. The lowest BCUT2D eigenvalue weighted by molar-refractivity contribution is 0.991. The van der Waals surface area contributed by atoms with E-state index < -0.39 is 0 Å². The first kappa shape index (κ1) is 13.8. The number of nitrogens with one attached hydrogen (secondary N) is 1. The van der Waals surface area contributed by atoms with E-state index in [4.69, 9.17) is 4.98 Å². The van der Waals surface area contributed by atoms with Crippen LogP contribution in [0.5, 0.6) is 0 Å². The molecule has 1 aromatic carbocycles. The van der Waals surface area contributed by atoms with Gasteiger partial charge >= 0.3 is 0 Å². The average Bonchev–Trinajstić information content (AvgIpc) is 3.20. The molecule has 3 aromatic heterocycles. The minimum absolute atomic E-state index is 0.881. The summed E-state index contributed by atoms with van der Waals surface area (Å²) in [6.45, 7) is 4.22. The molecule has 0 unspecified atom stereocenters. The number of aromatic amines is 1. The average molecular weight is 302 g/mol. The van der Waals surface area contributed by atoms with E-state index in [0.717, 1.165) is 40.4 Å². The van der Waals surface area contributed by atoms with Crippen molar-refractivity contribution in [1.29, 1.82) is 0 Å². The van der Waals surface area contributed by atoms with Crippen LogP contribution in [0.15, 0.2) is 55.0 Å². The van der Waals surface area contributed by atoms with Crippen molar-refractivity contribution in [3.63, 3.8) is 0 Å². The van der Waals surface area contributed by atoms with Crippen LogP contribution in [-0.4, -0.2) is 19.4 Å². The van der Waals surface area contributed by atoms with Crippen LogP contribution < -0.4 is 0 Å². The molecule has 4 aromatic rings. The smallest absolute Gasteiger partial charge is 0.136 e. The van der Waals surface area contributed by atoms with E-state index in [-0.39, 0.29) is 0 Å². The van der Waals surface area contributed by atoms with E-state index in [0.29, 0.717) is 0 Å². The number of aromatic nitrogens is 4. The molecular weight excluding hydrogens is 284 g/mol. The highest BCUT2D eigenvalue weighted by Crippen LogP contribution is 2.30. The molecular formula is C19H18N4. The van der Waals surface area contributed by atoms with Gasteiger partial charge in [0.15, 0.2) is 0 Å². The third kappa shape index (κ3) is 2.42. The predicted molar refractivity (Wildman–Crippen MR) is 92.3 cm³/mol. The molecule has 0 aliphatic carbocycles. The quantitative estimate of drug-likeness (QED) is 0.614. The molecule has 114 valence electrons. The summed E-state index contributed by atoms with van der Waals surface area (Å²) < 4.78 is 2.03.